The second-order valence-electron chi connectivity index (χ2n) is 6.31. The first kappa shape index (κ1) is 22.8. The van der Waals surface area contributed by atoms with E-state index in [0.29, 0.717) is 19.8 Å². The van der Waals surface area contributed by atoms with Crippen LogP contribution in [0.5, 0.6) is 0 Å². The van der Waals surface area contributed by atoms with Crippen LogP contribution in [0.3, 0.4) is 0 Å². The largest absolute Gasteiger partial charge is 0.393 e. The predicted octanol–water partition coefficient (Wildman–Crippen LogP) is 2.92. The molecule has 0 aliphatic heterocycles. The van der Waals surface area contributed by atoms with E-state index in [4.69, 9.17) is 14.2 Å². The molecular formula is C18H38O5. The fourth-order valence-corrected chi connectivity index (χ4v) is 2.25. The van der Waals surface area contributed by atoms with Gasteiger partial charge in [0.2, 0.25) is 0 Å². The first-order valence-electron chi connectivity index (χ1n) is 9.17. The van der Waals surface area contributed by atoms with Crippen molar-refractivity contribution >= 4 is 0 Å². The normalized spacial score (nSPS) is 17.0. The highest BCUT2D eigenvalue weighted by Crippen LogP contribution is 2.23. The van der Waals surface area contributed by atoms with Crippen molar-refractivity contribution in [1.29, 1.82) is 0 Å². The summed E-state index contributed by atoms with van der Waals surface area (Å²) >= 11 is 0. The fourth-order valence-electron chi connectivity index (χ4n) is 2.25. The molecule has 0 spiro atoms. The van der Waals surface area contributed by atoms with Crippen molar-refractivity contribution in [2.45, 2.75) is 84.0 Å². The highest BCUT2D eigenvalue weighted by Gasteiger charge is 2.40. The Morgan fingerprint density at radius 1 is 0.913 bits per heavy atom. The maximum atomic E-state index is 10.5. The smallest absolute Gasteiger partial charge is 0.117 e. The third-order valence-corrected chi connectivity index (χ3v) is 3.92. The summed E-state index contributed by atoms with van der Waals surface area (Å²) in [6.07, 6.45) is 4.48. The van der Waals surface area contributed by atoms with Gasteiger partial charge in [-0.3, -0.25) is 0 Å². The topological polar surface area (TPSA) is 68.2 Å². The van der Waals surface area contributed by atoms with Gasteiger partial charge in [-0.05, 0) is 26.2 Å². The number of unbranched alkanes of at least 4 members (excludes halogenated alkanes) is 3. The van der Waals surface area contributed by atoms with Gasteiger partial charge >= 0.3 is 0 Å². The van der Waals surface area contributed by atoms with Crippen molar-refractivity contribution in [3.8, 4) is 0 Å². The van der Waals surface area contributed by atoms with Crippen LogP contribution in [0.2, 0.25) is 0 Å². The summed E-state index contributed by atoms with van der Waals surface area (Å²) < 4.78 is 17.3. The summed E-state index contributed by atoms with van der Waals surface area (Å²) in [4.78, 5) is 0. The van der Waals surface area contributed by atoms with Crippen LogP contribution in [-0.4, -0.2) is 61.1 Å². The van der Waals surface area contributed by atoms with Gasteiger partial charge in [0.05, 0.1) is 13.2 Å². The number of hydrogen-bond donors (Lipinski definition) is 2. The molecule has 2 N–H and O–H groups in total. The van der Waals surface area contributed by atoms with Crippen molar-refractivity contribution in [2.24, 2.45) is 0 Å². The average molecular weight is 334 g/mol. The number of rotatable bonds is 16. The SMILES string of the molecule is CCCCOC[C@@H](O)[C@@H](OCCCC)[C@](C)(CO)OCCCC. The zero-order valence-electron chi connectivity index (χ0n) is 15.6. The van der Waals surface area contributed by atoms with Gasteiger partial charge < -0.3 is 24.4 Å². The van der Waals surface area contributed by atoms with Gasteiger partial charge in [0.1, 0.15) is 17.8 Å². The lowest BCUT2D eigenvalue weighted by Gasteiger charge is -2.38. The van der Waals surface area contributed by atoms with Crippen molar-refractivity contribution < 1.29 is 24.4 Å². The lowest BCUT2D eigenvalue weighted by molar-refractivity contribution is -0.197. The molecule has 140 valence electrons. The summed E-state index contributed by atoms with van der Waals surface area (Å²) in [5, 5.41) is 20.3. The molecule has 0 saturated heterocycles. The molecule has 5 heteroatoms. The molecule has 0 unspecified atom stereocenters. The van der Waals surface area contributed by atoms with Crippen molar-refractivity contribution in [3.63, 3.8) is 0 Å². The third kappa shape index (κ3) is 9.62. The van der Waals surface area contributed by atoms with E-state index in [-0.39, 0.29) is 13.2 Å². The van der Waals surface area contributed by atoms with Crippen LogP contribution in [0.15, 0.2) is 0 Å². The molecule has 0 aromatic rings. The number of hydrogen-bond acceptors (Lipinski definition) is 5. The maximum absolute atomic E-state index is 10.5. The Morgan fingerprint density at radius 2 is 1.48 bits per heavy atom. The molecule has 0 aromatic carbocycles. The summed E-state index contributed by atoms with van der Waals surface area (Å²) in [6, 6.07) is 0. The molecule has 0 saturated carbocycles. The Bertz CT molecular complexity index is 262. The standard InChI is InChI=1S/C18H38O5/c1-5-8-11-21-14-16(20)17(22-12-9-6-2)18(4,15-19)23-13-10-7-3/h16-17,19-20H,5-15H2,1-4H3/t16-,17-,18+/m1/s1. The van der Waals surface area contributed by atoms with Crippen LogP contribution in [0.1, 0.15) is 66.2 Å². The quantitative estimate of drug-likeness (QED) is 0.425. The van der Waals surface area contributed by atoms with Gasteiger partial charge in [-0.25, -0.2) is 0 Å². The van der Waals surface area contributed by atoms with Gasteiger partial charge in [0, 0.05) is 19.8 Å². The first-order valence-corrected chi connectivity index (χ1v) is 9.17. The summed E-state index contributed by atoms with van der Waals surface area (Å²) in [7, 11) is 0. The van der Waals surface area contributed by atoms with E-state index >= 15 is 0 Å². The van der Waals surface area contributed by atoms with Crippen molar-refractivity contribution in [1.82, 2.24) is 0 Å². The lowest BCUT2D eigenvalue weighted by Crippen LogP contribution is -2.54. The van der Waals surface area contributed by atoms with Crippen LogP contribution >= 0.6 is 0 Å². The van der Waals surface area contributed by atoms with Gasteiger partial charge in [0.15, 0.2) is 0 Å². The minimum absolute atomic E-state index is 0.195. The van der Waals surface area contributed by atoms with Crippen LogP contribution < -0.4 is 0 Å². The second kappa shape index (κ2) is 14.2. The number of aliphatic hydroxyl groups is 2. The van der Waals surface area contributed by atoms with E-state index in [1.54, 1.807) is 6.92 Å². The highest BCUT2D eigenvalue weighted by molar-refractivity contribution is 4.90. The Morgan fingerprint density at radius 3 is 2.04 bits per heavy atom. The van der Waals surface area contributed by atoms with Crippen LogP contribution in [0.4, 0.5) is 0 Å². The minimum Gasteiger partial charge on any atom is -0.393 e. The molecule has 5 nitrogen and oxygen atoms in total. The molecule has 0 aliphatic rings. The van der Waals surface area contributed by atoms with Crippen LogP contribution in [0.25, 0.3) is 0 Å². The lowest BCUT2D eigenvalue weighted by atomic mass is 9.95. The van der Waals surface area contributed by atoms with Crippen LogP contribution in [-0.2, 0) is 14.2 Å². The Kier molecular flexibility index (Phi) is 14.0. The second-order valence-corrected chi connectivity index (χ2v) is 6.31. The van der Waals surface area contributed by atoms with E-state index in [2.05, 4.69) is 20.8 Å². The van der Waals surface area contributed by atoms with Gasteiger partial charge in [-0.2, -0.15) is 0 Å². The molecule has 0 rings (SSSR count). The first-order chi connectivity index (χ1) is 11.1. The molecule has 0 fully saturated rings. The highest BCUT2D eigenvalue weighted by atomic mass is 16.6. The van der Waals surface area contributed by atoms with Gasteiger partial charge in [0.25, 0.3) is 0 Å². The molecule has 0 bridgehead atoms. The van der Waals surface area contributed by atoms with Gasteiger partial charge in [-0.15, -0.1) is 0 Å². The van der Waals surface area contributed by atoms with Gasteiger partial charge in [-0.1, -0.05) is 40.0 Å². The molecule has 0 aromatic heterocycles. The van der Waals surface area contributed by atoms with Crippen molar-refractivity contribution in [2.75, 3.05) is 33.0 Å². The monoisotopic (exact) mass is 334 g/mol. The minimum atomic E-state index is -0.920. The summed E-state index contributed by atoms with van der Waals surface area (Å²) in [5.41, 5.74) is -0.920. The molecule has 23 heavy (non-hydrogen) atoms. The molecule has 0 radical (unpaired) electrons. The molecule has 0 aliphatic carbocycles. The van der Waals surface area contributed by atoms with E-state index in [9.17, 15) is 10.2 Å². The number of ether oxygens (including phenoxy) is 3. The average Bonchev–Trinajstić information content (AvgIpc) is 2.55. The Labute approximate surface area is 142 Å². The maximum Gasteiger partial charge on any atom is 0.117 e. The zero-order chi connectivity index (χ0) is 17.6. The molecular weight excluding hydrogens is 296 g/mol. The van der Waals surface area contributed by atoms with E-state index in [1.807, 2.05) is 0 Å². The van der Waals surface area contributed by atoms with Crippen LogP contribution in [0, 0.1) is 0 Å². The Hall–Kier alpha value is -0.200. The molecule has 0 amide bonds. The zero-order valence-corrected chi connectivity index (χ0v) is 15.6. The van der Waals surface area contributed by atoms with E-state index in [0.717, 1.165) is 38.5 Å². The van der Waals surface area contributed by atoms with Crippen molar-refractivity contribution in [3.05, 3.63) is 0 Å². The predicted molar refractivity (Wildman–Crippen MR) is 92.7 cm³/mol. The Balaban J connectivity index is 4.70. The fraction of sp³-hybridized carbons (Fsp3) is 1.00. The molecule has 0 heterocycles. The third-order valence-electron chi connectivity index (χ3n) is 3.92. The summed E-state index contributed by atoms with van der Waals surface area (Å²) in [5.74, 6) is 0. The summed E-state index contributed by atoms with van der Waals surface area (Å²) in [6.45, 7) is 9.79. The van der Waals surface area contributed by atoms with E-state index < -0.39 is 17.8 Å². The molecule has 3 atom stereocenters. The van der Waals surface area contributed by atoms with E-state index in [1.165, 1.54) is 0 Å². The number of aliphatic hydroxyl groups excluding tert-OH is 2.